The summed E-state index contributed by atoms with van der Waals surface area (Å²) in [6.45, 7) is 5.81. The average Bonchev–Trinajstić information content (AvgIpc) is 2.74. The molecular weight excluding hydrogens is 278 g/mol. The maximum absolute atomic E-state index is 12.6. The van der Waals surface area contributed by atoms with E-state index in [4.69, 9.17) is 4.42 Å². The van der Waals surface area contributed by atoms with E-state index in [-0.39, 0.29) is 17.1 Å². The standard InChI is InChI=1S/C18H19NO3/c1-11-15(17(21)19-12-7-5-4-6-8-12)16-13(20)9-18(2,3)10-14(16)22-11/h4-8H,9-10H2,1-3H3,(H,19,21). The summed E-state index contributed by atoms with van der Waals surface area (Å²) in [6, 6.07) is 9.20. The van der Waals surface area contributed by atoms with Crippen LogP contribution in [0.4, 0.5) is 5.69 Å². The molecule has 2 aromatic rings. The molecule has 3 rings (SSSR count). The van der Waals surface area contributed by atoms with Crippen molar-refractivity contribution in [3.63, 3.8) is 0 Å². The van der Waals surface area contributed by atoms with Crippen LogP contribution < -0.4 is 5.32 Å². The van der Waals surface area contributed by atoms with E-state index in [1.807, 2.05) is 44.2 Å². The Morgan fingerprint density at radius 1 is 1.18 bits per heavy atom. The van der Waals surface area contributed by atoms with Gasteiger partial charge >= 0.3 is 0 Å². The molecule has 1 aromatic carbocycles. The molecule has 22 heavy (non-hydrogen) atoms. The van der Waals surface area contributed by atoms with Gasteiger partial charge in [0, 0.05) is 18.5 Å². The number of amides is 1. The third kappa shape index (κ3) is 2.56. The molecule has 0 unspecified atom stereocenters. The number of anilines is 1. The van der Waals surface area contributed by atoms with Crippen LogP contribution in [-0.2, 0) is 6.42 Å². The Labute approximate surface area is 129 Å². The molecular formula is C18H19NO3. The fraction of sp³-hybridized carbons (Fsp3) is 0.333. The van der Waals surface area contributed by atoms with Crippen LogP contribution in [0, 0.1) is 12.3 Å². The van der Waals surface area contributed by atoms with E-state index in [0.29, 0.717) is 41.2 Å². The lowest BCUT2D eigenvalue weighted by molar-refractivity contribution is 0.0895. The van der Waals surface area contributed by atoms with E-state index in [2.05, 4.69) is 5.32 Å². The smallest absolute Gasteiger partial charge is 0.259 e. The number of nitrogens with one attached hydrogen (secondary N) is 1. The molecule has 0 bridgehead atoms. The van der Waals surface area contributed by atoms with E-state index >= 15 is 0 Å². The zero-order valence-corrected chi connectivity index (χ0v) is 13.0. The highest BCUT2D eigenvalue weighted by atomic mass is 16.3. The van der Waals surface area contributed by atoms with E-state index < -0.39 is 0 Å². The Morgan fingerprint density at radius 3 is 2.55 bits per heavy atom. The first-order chi connectivity index (χ1) is 10.4. The predicted octanol–water partition coefficient (Wildman–Crippen LogP) is 4.00. The van der Waals surface area contributed by atoms with Gasteiger partial charge in [0.1, 0.15) is 11.5 Å². The predicted molar refractivity (Wildman–Crippen MR) is 84.3 cm³/mol. The number of aryl methyl sites for hydroxylation is 1. The largest absolute Gasteiger partial charge is 0.465 e. The van der Waals surface area contributed by atoms with Crippen molar-refractivity contribution in [1.29, 1.82) is 0 Å². The lowest BCUT2D eigenvalue weighted by Gasteiger charge is -2.27. The molecule has 1 N–H and O–H groups in total. The summed E-state index contributed by atoms with van der Waals surface area (Å²) in [5, 5.41) is 2.83. The van der Waals surface area contributed by atoms with E-state index in [0.717, 1.165) is 0 Å². The van der Waals surface area contributed by atoms with Gasteiger partial charge in [0.05, 0.1) is 11.1 Å². The van der Waals surface area contributed by atoms with Gasteiger partial charge in [0.25, 0.3) is 5.91 Å². The highest BCUT2D eigenvalue weighted by Crippen LogP contribution is 2.38. The Morgan fingerprint density at radius 2 is 1.86 bits per heavy atom. The van der Waals surface area contributed by atoms with Crippen LogP contribution in [0.15, 0.2) is 34.7 Å². The summed E-state index contributed by atoms with van der Waals surface area (Å²) >= 11 is 0. The molecule has 0 atom stereocenters. The average molecular weight is 297 g/mol. The summed E-state index contributed by atoms with van der Waals surface area (Å²) in [7, 11) is 0. The highest BCUT2D eigenvalue weighted by molar-refractivity contribution is 6.14. The number of Topliss-reactive ketones (excluding diaryl/α,β-unsaturated/α-hetero) is 1. The molecule has 1 amide bonds. The number of benzene rings is 1. The molecule has 1 aliphatic rings. The Balaban J connectivity index is 1.97. The molecule has 0 fully saturated rings. The van der Waals surface area contributed by atoms with Crippen molar-refractivity contribution in [3.05, 3.63) is 53.0 Å². The molecule has 1 heterocycles. The zero-order valence-electron chi connectivity index (χ0n) is 13.0. The van der Waals surface area contributed by atoms with E-state index in [1.54, 1.807) is 6.92 Å². The fourth-order valence-corrected chi connectivity index (χ4v) is 3.03. The third-order valence-corrected chi connectivity index (χ3v) is 3.97. The quantitative estimate of drug-likeness (QED) is 0.911. The second-order valence-electron chi connectivity index (χ2n) is 6.59. The Bertz CT molecular complexity index is 741. The topological polar surface area (TPSA) is 59.3 Å². The van der Waals surface area contributed by atoms with Crippen molar-refractivity contribution < 1.29 is 14.0 Å². The number of rotatable bonds is 2. The first-order valence-electron chi connectivity index (χ1n) is 7.39. The van der Waals surface area contributed by atoms with Crippen molar-refractivity contribution in [3.8, 4) is 0 Å². The normalized spacial score (nSPS) is 16.2. The van der Waals surface area contributed by atoms with Crippen LogP contribution in [0.1, 0.15) is 52.5 Å². The number of hydrogen-bond donors (Lipinski definition) is 1. The number of carbonyl (C=O) groups excluding carboxylic acids is 2. The monoisotopic (exact) mass is 297 g/mol. The van der Waals surface area contributed by atoms with Gasteiger partial charge in [0.15, 0.2) is 5.78 Å². The Hall–Kier alpha value is -2.36. The summed E-state index contributed by atoms with van der Waals surface area (Å²) < 4.78 is 5.72. The van der Waals surface area contributed by atoms with Crippen molar-refractivity contribution >= 4 is 17.4 Å². The number of hydrogen-bond acceptors (Lipinski definition) is 3. The molecule has 0 aliphatic heterocycles. The number of carbonyl (C=O) groups is 2. The molecule has 4 heteroatoms. The fourth-order valence-electron chi connectivity index (χ4n) is 3.03. The molecule has 1 aliphatic carbocycles. The van der Waals surface area contributed by atoms with Crippen molar-refractivity contribution in [2.24, 2.45) is 5.41 Å². The molecule has 0 radical (unpaired) electrons. The van der Waals surface area contributed by atoms with Gasteiger partial charge in [-0.2, -0.15) is 0 Å². The number of fused-ring (bicyclic) bond motifs is 1. The molecule has 1 aromatic heterocycles. The van der Waals surface area contributed by atoms with Gasteiger partial charge in [-0.15, -0.1) is 0 Å². The van der Waals surface area contributed by atoms with Gasteiger partial charge < -0.3 is 9.73 Å². The van der Waals surface area contributed by atoms with Crippen molar-refractivity contribution in [1.82, 2.24) is 0 Å². The lowest BCUT2D eigenvalue weighted by atomic mass is 9.75. The van der Waals surface area contributed by atoms with Gasteiger partial charge in [0.2, 0.25) is 0 Å². The van der Waals surface area contributed by atoms with Crippen LogP contribution in [0.2, 0.25) is 0 Å². The minimum absolute atomic E-state index is 0.0127. The lowest BCUT2D eigenvalue weighted by Crippen LogP contribution is -2.28. The van der Waals surface area contributed by atoms with Crippen LogP contribution in [-0.4, -0.2) is 11.7 Å². The van der Waals surface area contributed by atoms with Gasteiger partial charge in [-0.05, 0) is 24.5 Å². The minimum atomic E-state index is -0.290. The van der Waals surface area contributed by atoms with E-state index in [1.165, 1.54) is 0 Å². The number of ketones is 1. The van der Waals surface area contributed by atoms with Gasteiger partial charge in [-0.1, -0.05) is 32.0 Å². The summed E-state index contributed by atoms with van der Waals surface area (Å²) in [4.78, 5) is 25.0. The first-order valence-corrected chi connectivity index (χ1v) is 7.39. The van der Waals surface area contributed by atoms with E-state index in [9.17, 15) is 9.59 Å². The number of furan rings is 1. The second-order valence-corrected chi connectivity index (χ2v) is 6.59. The van der Waals surface area contributed by atoms with Gasteiger partial charge in [-0.3, -0.25) is 9.59 Å². The molecule has 4 nitrogen and oxygen atoms in total. The van der Waals surface area contributed by atoms with Crippen molar-refractivity contribution in [2.45, 2.75) is 33.6 Å². The summed E-state index contributed by atoms with van der Waals surface area (Å²) in [6.07, 6.45) is 1.11. The minimum Gasteiger partial charge on any atom is -0.465 e. The summed E-state index contributed by atoms with van der Waals surface area (Å²) in [5.74, 6) is 0.838. The van der Waals surface area contributed by atoms with Crippen molar-refractivity contribution in [2.75, 3.05) is 5.32 Å². The van der Waals surface area contributed by atoms with Crippen LogP contribution in [0.5, 0.6) is 0 Å². The zero-order chi connectivity index (χ0) is 15.9. The maximum Gasteiger partial charge on any atom is 0.259 e. The van der Waals surface area contributed by atoms with Crippen LogP contribution in [0.25, 0.3) is 0 Å². The molecule has 0 saturated heterocycles. The molecule has 114 valence electrons. The third-order valence-electron chi connectivity index (χ3n) is 3.97. The van der Waals surface area contributed by atoms with Crippen LogP contribution in [0.3, 0.4) is 0 Å². The van der Waals surface area contributed by atoms with Gasteiger partial charge in [-0.25, -0.2) is 0 Å². The summed E-state index contributed by atoms with van der Waals surface area (Å²) in [5.41, 5.74) is 1.41. The SMILES string of the molecule is Cc1oc2c(c1C(=O)Nc1ccccc1)C(=O)CC(C)(C)C2. The molecule has 0 saturated carbocycles. The first kappa shape index (κ1) is 14.6. The van der Waals surface area contributed by atoms with Crippen LogP contribution >= 0.6 is 0 Å². The second kappa shape index (κ2) is 5.13. The highest BCUT2D eigenvalue weighted by Gasteiger charge is 2.38. The maximum atomic E-state index is 12.6. The Kier molecular flexibility index (Phi) is 3.39. The molecule has 0 spiro atoms. The number of para-hydroxylation sites is 1.